The minimum absolute atomic E-state index is 0.0950. The highest BCUT2D eigenvalue weighted by atomic mass is 16.3. The van der Waals surface area contributed by atoms with Crippen molar-refractivity contribution in [2.24, 2.45) is 5.10 Å². The van der Waals surface area contributed by atoms with Crippen LogP contribution in [-0.2, 0) is 11.3 Å². The molecule has 1 N–H and O–H groups in total. The van der Waals surface area contributed by atoms with Crippen molar-refractivity contribution in [3.63, 3.8) is 0 Å². The maximum Gasteiger partial charge on any atom is 0.254 e. The van der Waals surface area contributed by atoms with E-state index in [-0.39, 0.29) is 5.91 Å². The number of carbonyl (C=O) groups is 1. The summed E-state index contributed by atoms with van der Waals surface area (Å²) in [6.45, 7) is 6.86. The van der Waals surface area contributed by atoms with E-state index in [0.717, 1.165) is 32.7 Å². The maximum absolute atomic E-state index is 12.1. The molecule has 1 fully saturated rings. The Balaban J connectivity index is 1.40. The molecule has 0 saturated carbocycles. The second kappa shape index (κ2) is 8.60. The second-order valence-electron chi connectivity index (χ2n) is 6.25. The van der Waals surface area contributed by atoms with Gasteiger partial charge in [-0.25, -0.2) is 5.43 Å². The van der Waals surface area contributed by atoms with E-state index in [1.165, 1.54) is 5.56 Å². The van der Waals surface area contributed by atoms with Crippen molar-refractivity contribution in [3.8, 4) is 0 Å². The van der Waals surface area contributed by atoms with Crippen LogP contribution in [0.25, 0.3) is 0 Å². The van der Waals surface area contributed by atoms with Gasteiger partial charge in [0.15, 0.2) is 0 Å². The fourth-order valence-electron chi connectivity index (χ4n) is 2.87. The van der Waals surface area contributed by atoms with E-state index < -0.39 is 0 Å². The number of benzene rings is 1. The van der Waals surface area contributed by atoms with Crippen molar-refractivity contribution in [1.29, 1.82) is 0 Å². The van der Waals surface area contributed by atoms with E-state index in [9.17, 15) is 4.79 Å². The molecule has 0 unspecified atom stereocenters. The highest BCUT2D eigenvalue weighted by Gasteiger charge is 2.18. The summed E-state index contributed by atoms with van der Waals surface area (Å²) in [5.74, 6) is 0.567. The Morgan fingerprint density at radius 2 is 1.80 bits per heavy atom. The smallest absolute Gasteiger partial charge is 0.254 e. The summed E-state index contributed by atoms with van der Waals surface area (Å²) in [7, 11) is 0. The van der Waals surface area contributed by atoms with Gasteiger partial charge < -0.3 is 4.42 Å². The molecule has 2 aromatic rings. The lowest BCUT2D eigenvalue weighted by molar-refractivity contribution is -0.122. The lowest BCUT2D eigenvalue weighted by atomic mass is 10.2. The van der Waals surface area contributed by atoms with Crippen molar-refractivity contribution in [3.05, 3.63) is 60.1 Å². The summed E-state index contributed by atoms with van der Waals surface area (Å²) >= 11 is 0. The number of rotatable bonds is 6. The maximum atomic E-state index is 12.1. The molecule has 6 heteroatoms. The first-order chi connectivity index (χ1) is 12.2. The molecule has 0 bridgehead atoms. The van der Waals surface area contributed by atoms with Crippen molar-refractivity contribution in [1.82, 2.24) is 15.2 Å². The number of hydrazone groups is 1. The summed E-state index contributed by atoms with van der Waals surface area (Å²) in [6.07, 6.45) is 1.59. The van der Waals surface area contributed by atoms with Gasteiger partial charge in [-0.15, -0.1) is 0 Å². The number of hydrogen-bond acceptors (Lipinski definition) is 5. The van der Waals surface area contributed by atoms with Crippen molar-refractivity contribution >= 4 is 11.6 Å². The van der Waals surface area contributed by atoms with Crippen LogP contribution >= 0.6 is 0 Å². The summed E-state index contributed by atoms with van der Waals surface area (Å²) in [5, 5.41) is 4.09. The van der Waals surface area contributed by atoms with Gasteiger partial charge in [0.05, 0.1) is 12.8 Å². The molecular weight excluding hydrogens is 316 g/mol. The zero-order chi connectivity index (χ0) is 17.5. The molecule has 2 heterocycles. The minimum atomic E-state index is -0.0950. The van der Waals surface area contributed by atoms with Crippen LogP contribution in [0.3, 0.4) is 0 Å². The van der Waals surface area contributed by atoms with Crippen molar-refractivity contribution < 1.29 is 9.21 Å². The monoisotopic (exact) mass is 340 g/mol. The molecule has 6 nitrogen and oxygen atoms in total. The predicted molar refractivity (Wildman–Crippen MR) is 97.2 cm³/mol. The van der Waals surface area contributed by atoms with Crippen LogP contribution < -0.4 is 5.43 Å². The molecule has 1 saturated heterocycles. The molecule has 1 amide bonds. The largest absolute Gasteiger partial charge is 0.463 e. The van der Waals surface area contributed by atoms with Gasteiger partial charge in [0.2, 0.25) is 0 Å². The molecule has 0 aliphatic carbocycles. The first-order valence-corrected chi connectivity index (χ1v) is 8.56. The van der Waals surface area contributed by atoms with Gasteiger partial charge in [-0.2, -0.15) is 5.10 Å². The first kappa shape index (κ1) is 17.4. The molecule has 1 aliphatic rings. The van der Waals surface area contributed by atoms with Gasteiger partial charge in [0.1, 0.15) is 11.5 Å². The average molecular weight is 340 g/mol. The van der Waals surface area contributed by atoms with Gasteiger partial charge in [0.25, 0.3) is 5.91 Å². The minimum Gasteiger partial charge on any atom is -0.463 e. The zero-order valence-corrected chi connectivity index (χ0v) is 14.5. The van der Waals surface area contributed by atoms with E-state index in [4.69, 9.17) is 4.42 Å². The third-order valence-corrected chi connectivity index (χ3v) is 4.31. The summed E-state index contributed by atoms with van der Waals surface area (Å²) < 4.78 is 5.24. The van der Waals surface area contributed by atoms with Crippen LogP contribution in [-0.4, -0.2) is 54.1 Å². The number of furan rings is 1. The predicted octanol–water partition coefficient (Wildman–Crippen LogP) is 1.94. The van der Waals surface area contributed by atoms with Gasteiger partial charge in [-0.05, 0) is 24.6 Å². The van der Waals surface area contributed by atoms with Crippen LogP contribution in [0, 0.1) is 0 Å². The average Bonchev–Trinajstić information content (AvgIpc) is 3.17. The number of nitrogens with one attached hydrogen (secondary N) is 1. The van der Waals surface area contributed by atoms with E-state index in [1.807, 2.05) is 19.1 Å². The van der Waals surface area contributed by atoms with Crippen LogP contribution in [0.4, 0.5) is 0 Å². The Labute approximate surface area is 148 Å². The number of hydrogen-bond donors (Lipinski definition) is 1. The van der Waals surface area contributed by atoms with Gasteiger partial charge in [0, 0.05) is 32.7 Å². The Kier molecular flexibility index (Phi) is 5.98. The van der Waals surface area contributed by atoms with Crippen LogP contribution in [0.2, 0.25) is 0 Å². The second-order valence-corrected chi connectivity index (χ2v) is 6.25. The van der Waals surface area contributed by atoms with Crippen LogP contribution in [0.15, 0.2) is 58.2 Å². The SMILES string of the molecule is CC(=NNC(=O)CN1CCN(Cc2ccccc2)CC1)c1ccco1. The number of nitrogens with zero attached hydrogens (tertiary/aromatic N) is 3. The standard InChI is InChI=1S/C19H24N4O2/c1-16(18-8-5-13-25-18)20-21-19(24)15-23-11-9-22(10-12-23)14-17-6-3-2-4-7-17/h2-8,13H,9-12,14-15H2,1H3,(H,21,24). The Morgan fingerprint density at radius 1 is 1.08 bits per heavy atom. The Bertz CT molecular complexity index is 689. The molecule has 1 aromatic carbocycles. The molecule has 1 aromatic heterocycles. The molecule has 0 spiro atoms. The fourth-order valence-corrected chi connectivity index (χ4v) is 2.87. The summed E-state index contributed by atoms with van der Waals surface area (Å²) in [6, 6.07) is 14.1. The molecule has 132 valence electrons. The molecule has 0 radical (unpaired) electrons. The molecule has 0 atom stereocenters. The quantitative estimate of drug-likeness (QED) is 0.645. The summed E-state index contributed by atoms with van der Waals surface area (Å²) in [4.78, 5) is 16.6. The highest BCUT2D eigenvalue weighted by molar-refractivity contribution is 5.96. The third kappa shape index (κ3) is 5.27. The van der Waals surface area contributed by atoms with Crippen molar-refractivity contribution in [2.45, 2.75) is 13.5 Å². The molecule has 1 aliphatic heterocycles. The zero-order valence-electron chi connectivity index (χ0n) is 14.5. The van der Waals surface area contributed by atoms with Gasteiger partial charge in [-0.1, -0.05) is 30.3 Å². The van der Waals surface area contributed by atoms with E-state index >= 15 is 0 Å². The molecule has 3 rings (SSSR count). The molecule has 25 heavy (non-hydrogen) atoms. The summed E-state index contributed by atoms with van der Waals surface area (Å²) in [5.41, 5.74) is 4.59. The van der Waals surface area contributed by atoms with Crippen LogP contribution in [0.1, 0.15) is 18.2 Å². The Morgan fingerprint density at radius 3 is 2.48 bits per heavy atom. The van der Waals surface area contributed by atoms with E-state index in [1.54, 1.807) is 12.3 Å². The molecular formula is C19H24N4O2. The van der Waals surface area contributed by atoms with E-state index in [0.29, 0.717) is 18.0 Å². The normalized spacial score (nSPS) is 16.8. The third-order valence-electron chi connectivity index (χ3n) is 4.31. The van der Waals surface area contributed by atoms with Crippen LogP contribution in [0.5, 0.6) is 0 Å². The number of piperazine rings is 1. The fraction of sp³-hybridized carbons (Fsp3) is 0.368. The lowest BCUT2D eigenvalue weighted by Crippen LogP contribution is -2.48. The van der Waals surface area contributed by atoms with Gasteiger partial charge in [-0.3, -0.25) is 14.6 Å². The first-order valence-electron chi connectivity index (χ1n) is 8.56. The van der Waals surface area contributed by atoms with Gasteiger partial charge >= 0.3 is 0 Å². The Hall–Kier alpha value is -2.44. The highest BCUT2D eigenvalue weighted by Crippen LogP contribution is 2.08. The van der Waals surface area contributed by atoms with E-state index in [2.05, 4.69) is 44.6 Å². The van der Waals surface area contributed by atoms with Crippen molar-refractivity contribution in [2.75, 3.05) is 32.7 Å². The topological polar surface area (TPSA) is 61.1 Å². The lowest BCUT2D eigenvalue weighted by Gasteiger charge is -2.34. The number of carbonyl (C=O) groups excluding carboxylic acids is 1. The number of amides is 1.